The maximum atomic E-state index is 13.3. The zero-order valence-corrected chi connectivity index (χ0v) is 12.6. The predicted molar refractivity (Wildman–Crippen MR) is 77.1 cm³/mol. The van der Waals surface area contributed by atoms with Gasteiger partial charge in [-0.05, 0) is 49.9 Å². The van der Waals surface area contributed by atoms with Crippen molar-refractivity contribution < 1.29 is 8.60 Å². The highest BCUT2D eigenvalue weighted by Crippen LogP contribution is 2.38. The van der Waals surface area contributed by atoms with Gasteiger partial charge in [-0.1, -0.05) is 19.9 Å². The summed E-state index contributed by atoms with van der Waals surface area (Å²) in [7, 11) is 0.756. The van der Waals surface area contributed by atoms with Crippen molar-refractivity contribution in [3.8, 4) is 0 Å². The Morgan fingerprint density at radius 3 is 2.79 bits per heavy atom. The summed E-state index contributed by atoms with van der Waals surface area (Å²) in [6.45, 7) is 4.43. The van der Waals surface area contributed by atoms with Crippen molar-refractivity contribution in [2.75, 3.05) is 7.05 Å². The fraction of sp³-hybridized carbons (Fsp3) is 0.600. The number of benzene rings is 1. The molecule has 3 unspecified atom stereocenters. The van der Waals surface area contributed by atoms with Gasteiger partial charge < -0.3 is 5.32 Å². The van der Waals surface area contributed by atoms with E-state index in [9.17, 15) is 8.60 Å². The van der Waals surface area contributed by atoms with Gasteiger partial charge in [0.25, 0.3) is 0 Å². The molecule has 3 atom stereocenters. The van der Waals surface area contributed by atoms with E-state index < -0.39 is 10.8 Å². The zero-order valence-electron chi connectivity index (χ0n) is 11.8. The van der Waals surface area contributed by atoms with Gasteiger partial charge in [0.2, 0.25) is 0 Å². The molecule has 1 aromatic carbocycles. The number of nitrogens with one attached hydrogen (secondary N) is 1. The van der Waals surface area contributed by atoms with E-state index in [1.165, 1.54) is 12.1 Å². The van der Waals surface area contributed by atoms with E-state index in [0.717, 1.165) is 19.3 Å². The van der Waals surface area contributed by atoms with Crippen LogP contribution in [0.25, 0.3) is 0 Å². The zero-order chi connectivity index (χ0) is 14.0. The number of hydrogen-bond acceptors (Lipinski definition) is 2. The van der Waals surface area contributed by atoms with Crippen LogP contribution in [-0.2, 0) is 10.8 Å². The molecule has 0 heterocycles. The molecular weight excluding hydrogens is 261 g/mol. The van der Waals surface area contributed by atoms with Crippen LogP contribution in [0.4, 0.5) is 4.39 Å². The molecule has 0 bridgehead atoms. The Labute approximate surface area is 117 Å². The molecule has 0 saturated heterocycles. The molecule has 1 aliphatic rings. The average Bonchev–Trinajstić information content (AvgIpc) is 2.37. The molecule has 1 aromatic rings. The smallest absolute Gasteiger partial charge is 0.124 e. The fourth-order valence-electron chi connectivity index (χ4n) is 2.84. The Bertz CT molecular complexity index is 475. The quantitative estimate of drug-likeness (QED) is 0.923. The summed E-state index contributed by atoms with van der Waals surface area (Å²) in [5.74, 6) is -0.318. The summed E-state index contributed by atoms with van der Waals surface area (Å²) in [6.07, 6.45) is 3.06. The Morgan fingerprint density at radius 1 is 1.42 bits per heavy atom. The molecule has 1 fully saturated rings. The lowest BCUT2D eigenvalue weighted by atomic mass is 9.75. The van der Waals surface area contributed by atoms with Crippen molar-refractivity contribution in [1.29, 1.82) is 0 Å². The molecule has 4 heteroatoms. The molecule has 0 aromatic heterocycles. The van der Waals surface area contributed by atoms with Crippen LogP contribution in [0.3, 0.4) is 0 Å². The second-order valence-corrected chi connectivity index (χ2v) is 7.77. The molecule has 106 valence electrons. The molecule has 19 heavy (non-hydrogen) atoms. The monoisotopic (exact) mass is 283 g/mol. The van der Waals surface area contributed by atoms with Crippen LogP contribution in [0.1, 0.15) is 33.1 Å². The minimum atomic E-state index is -1.16. The first-order valence-corrected chi connectivity index (χ1v) is 7.98. The van der Waals surface area contributed by atoms with Crippen LogP contribution in [0.5, 0.6) is 0 Å². The van der Waals surface area contributed by atoms with Crippen LogP contribution in [0.15, 0.2) is 29.2 Å². The van der Waals surface area contributed by atoms with E-state index in [-0.39, 0.29) is 22.5 Å². The Balaban J connectivity index is 2.24. The van der Waals surface area contributed by atoms with E-state index in [1.54, 1.807) is 12.1 Å². The predicted octanol–water partition coefficient (Wildman–Crippen LogP) is 3.10. The molecule has 0 amide bonds. The number of hydrogen-bond donors (Lipinski definition) is 1. The lowest BCUT2D eigenvalue weighted by Gasteiger charge is -2.40. The summed E-state index contributed by atoms with van der Waals surface area (Å²) >= 11 is 0. The molecular formula is C15H22FNOS. The molecule has 2 rings (SSSR count). The van der Waals surface area contributed by atoms with Gasteiger partial charge in [-0.15, -0.1) is 0 Å². The first kappa shape index (κ1) is 14.7. The van der Waals surface area contributed by atoms with Crippen LogP contribution in [0, 0.1) is 11.2 Å². The van der Waals surface area contributed by atoms with Gasteiger partial charge in [0.1, 0.15) is 5.82 Å². The van der Waals surface area contributed by atoms with Gasteiger partial charge in [-0.3, -0.25) is 4.21 Å². The summed E-state index contributed by atoms with van der Waals surface area (Å²) < 4.78 is 26.0. The van der Waals surface area contributed by atoms with E-state index in [4.69, 9.17) is 0 Å². The van der Waals surface area contributed by atoms with Gasteiger partial charge in [-0.25, -0.2) is 4.39 Å². The van der Waals surface area contributed by atoms with E-state index in [2.05, 4.69) is 19.2 Å². The minimum absolute atomic E-state index is 0.0514. The second-order valence-electron chi connectivity index (χ2n) is 6.10. The lowest BCUT2D eigenvalue weighted by molar-refractivity contribution is 0.216. The topological polar surface area (TPSA) is 29.1 Å². The SMILES string of the molecule is CNC1CCC(C)(C)CC1S(=O)c1cccc(F)c1. The molecule has 2 nitrogen and oxygen atoms in total. The van der Waals surface area contributed by atoms with Crippen molar-refractivity contribution in [2.45, 2.75) is 49.3 Å². The van der Waals surface area contributed by atoms with Crippen LogP contribution < -0.4 is 5.32 Å². The number of rotatable bonds is 3. The molecule has 1 aliphatic carbocycles. The van der Waals surface area contributed by atoms with Crippen molar-refractivity contribution >= 4 is 10.8 Å². The van der Waals surface area contributed by atoms with E-state index >= 15 is 0 Å². The molecule has 1 N–H and O–H groups in total. The third-order valence-corrected chi connectivity index (χ3v) is 5.77. The highest BCUT2D eigenvalue weighted by Gasteiger charge is 2.37. The standard InChI is InChI=1S/C15H22FNOS/c1-15(2)8-7-13(17-3)14(10-15)19(18)12-6-4-5-11(16)9-12/h4-6,9,13-14,17H,7-8,10H2,1-3H3. The fourth-order valence-corrected chi connectivity index (χ4v) is 4.81. The summed E-state index contributed by atoms with van der Waals surface area (Å²) in [5.41, 5.74) is 0.209. The van der Waals surface area contributed by atoms with E-state index in [0.29, 0.717) is 4.90 Å². The van der Waals surface area contributed by atoms with E-state index in [1.807, 2.05) is 7.05 Å². The molecule has 1 saturated carbocycles. The van der Waals surface area contributed by atoms with Crippen LogP contribution in [-0.4, -0.2) is 22.5 Å². The van der Waals surface area contributed by atoms with Gasteiger partial charge in [0.05, 0.1) is 16.0 Å². The summed E-state index contributed by atoms with van der Waals surface area (Å²) in [5, 5.41) is 3.32. The lowest BCUT2D eigenvalue weighted by Crippen LogP contribution is -2.47. The summed E-state index contributed by atoms with van der Waals surface area (Å²) in [4.78, 5) is 0.600. The molecule has 0 radical (unpaired) electrons. The maximum absolute atomic E-state index is 13.3. The largest absolute Gasteiger partial charge is 0.316 e. The van der Waals surface area contributed by atoms with Gasteiger partial charge in [0.15, 0.2) is 0 Å². The Hall–Kier alpha value is -0.740. The minimum Gasteiger partial charge on any atom is -0.316 e. The second kappa shape index (κ2) is 5.71. The first-order valence-electron chi connectivity index (χ1n) is 6.76. The number of halogens is 1. The van der Waals surface area contributed by atoms with Crippen LogP contribution >= 0.6 is 0 Å². The normalized spacial score (nSPS) is 28.0. The van der Waals surface area contributed by atoms with Crippen molar-refractivity contribution in [1.82, 2.24) is 5.32 Å². The van der Waals surface area contributed by atoms with Crippen LogP contribution in [0.2, 0.25) is 0 Å². The van der Waals surface area contributed by atoms with Crippen molar-refractivity contribution in [3.05, 3.63) is 30.1 Å². The van der Waals surface area contributed by atoms with Gasteiger partial charge >= 0.3 is 0 Å². The van der Waals surface area contributed by atoms with Gasteiger partial charge in [0, 0.05) is 10.9 Å². The maximum Gasteiger partial charge on any atom is 0.124 e. The molecule has 0 aliphatic heterocycles. The highest BCUT2D eigenvalue weighted by atomic mass is 32.2. The van der Waals surface area contributed by atoms with Crippen molar-refractivity contribution in [2.24, 2.45) is 5.41 Å². The Kier molecular flexibility index (Phi) is 4.41. The van der Waals surface area contributed by atoms with Gasteiger partial charge in [-0.2, -0.15) is 0 Å². The molecule has 0 spiro atoms. The van der Waals surface area contributed by atoms with Crippen molar-refractivity contribution in [3.63, 3.8) is 0 Å². The third kappa shape index (κ3) is 3.42. The summed E-state index contributed by atoms with van der Waals surface area (Å²) in [6, 6.07) is 6.42. The average molecular weight is 283 g/mol. The highest BCUT2D eigenvalue weighted by molar-refractivity contribution is 7.85. The Morgan fingerprint density at radius 2 is 2.16 bits per heavy atom. The third-order valence-electron chi connectivity index (χ3n) is 4.01. The first-order chi connectivity index (χ1) is 8.93.